The molecule has 1 unspecified atom stereocenters. The van der Waals surface area contributed by atoms with Crippen molar-refractivity contribution >= 4 is 0 Å². The van der Waals surface area contributed by atoms with E-state index in [0.717, 1.165) is 19.4 Å². The predicted molar refractivity (Wildman–Crippen MR) is 56.6 cm³/mol. The molecule has 0 aromatic rings. The van der Waals surface area contributed by atoms with Crippen molar-refractivity contribution < 1.29 is 5.11 Å². The molecule has 13 heavy (non-hydrogen) atoms. The zero-order valence-corrected chi connectivity index (χ0v) is 9.14. The lowest BCUT2D eigenvalue weighted by molar-refractivity contribution is 0.253. The molecule has 0 fully saturated rings. The van der Waals surface area contributed by atoms with Crippen LogP contribution < -0.4 is 11.1 Å². The highest BCUT2D eigenvalue weighted by Gasteiger charge is 2.25. The van der Waals surface area contributed by atoms with Gasteiger partial charge in [0.1, 0.15) is 0 Å². The summed E-state index contributed by atoms with van der Waals surface area (Å²) in [5.41, 5.74) is 5.75. The third-order valence-electron chi connectivity index (χ3n) is 2.81. The topological polar surface area (TPSA) is 58.3 Å². The minimum Gasteiger partial charge on any atom is -0.396 e. The van der Waals surface area contributed by atoms with Gasteiger partial charge in [-0.3, -0.25) is 0 Å². The van der Waals surface area contributed by atoms with Gasteiger partial charge in [-0.1, -0.05) is 13.8 Å². The van der Waals surface area contributed by atoms with Gasteiger partial charge in [-0.05, 0) is 32.2 Å². The van der Waals surface area contributed by atoms with Crippen LogP contribution in [-0.2, 0) is 0 Å². The van der Waals surface area contributed by atoms with E-state index < -0.39 is 0 Å². The normalized spacial score (nSPS) is 16.2. The summed E-state index contributed by atoms with van der Waals surface area (Å²) in [6.45, 7) is 8.37. The van der Waals surface area contributed by atoms with Crippen LogP contribution in [0.15, 0.2) is 0 Å². The lowest BCUT2D eigenvalue weighted by Gasteiger charge is -2.33. The van der Waals surface area contributed by atoms with Crippen molar-refractivity contribution in [3.8, 4) is 0 Å². The maximum atomic E-state index is 8.61. The van der Waals surface area contributed by atoms with Gasteiger partial charge in [0.05, 0.1) is 0 Å². The molecule has 4 N–H and O–H groups in total. The van der Waals surface area contributed by atoms with E-state index >= 15 is 0 Å². The summed E-state index contributed by atoms with van der Waals surface area (Å²) in [7, 11) is 0. The van der Waals surface area contributed by atoms with E-state index in [4.69, 9.17) is 10.8 Å². The van der Waals surface area contributed by atoms with E-state index in [1.807, 2.05) is 0 Å². The van der Waals surface area contributed by atoms with Crippen LogP contribution in [0.3, 0.4) is 0 Å². The van der Waals surface area contributed by atoms with Gasteiger partial charge in [0.25, 0.3) is 0 Å². The largest absolute Gasteiger partial charge is 0.396 e. The summed E-state index contributed by atoms with van der Waals surface area (Å²) in [6.07, 6.45) is 1.88. The fourth-order valence-corrected chi connectivity index (χ4v) is 1.12. The summed E-state index contributed by atoms with van der Waals surface area (Å²) in [5, 5.41) is 12.1. The standard InChI is InChI=1S/C10H24N2O/c1-9(2)10(3,8-11)12-6-4-5-7-13/h9,12-13H,4-8,11H2,1-3H3. The molecule has 0 aromatic heterocycles. The Kier molecular flexibility index (Phi) is 6.29. The van der Waals surface area contributed by atoms with Crippen LogP contribution in [-0.4, -0.2) is 30.3 Å². The second-order valence-corrected chi connectivity index (χ2v) is 4.13. The first-order chi connectivity index (χ1) is 6.06. The fourth-order valence-electron chi connectivity index (χ4n) is 1.12. The highest BCUT2D eigenvalue weighted by Crippen LogP contribution is 2.14. The molecule has 0 saturated carbocycles. The molecule has 0 aromatic carbocycles. The van der Waals surface area contributed by atoms with Crippen molar-refractivity contribution in [2.24, 2.45) is 11.7 Å². The first-order valence-corrected chi connectivity index (χ1v) is 5.12. The highest BCUT2D eigenvalue weighted by atomic mass is 16.2. The van der Waals surface area contributed by atoms with E-state index in [1.54, 1.807) is 0 Å². The minimum atomic E-state index is 0.0372. The molecule has 80 valence electrons. The Morgan fingerprint density at radius 3 is 2.38 bits per heavy atom. The van der Waals surface area contributed by atoms with Gasteiger partial charge < -0.3 is 16.2 Å². The molecule has 1 atom stereocenters. The Bertz CT molecular complexity index is 128. The fraction of sp³-hybridized carbons (Fsp3) is 1.00. The van der Waals surface area contributed by atoms with Crippen molar-refractivity contribution in [3.05, 3.63) is 0 Å². The Balaban J connectivity index is 3.71. The van der Waals surface area contributed by atoms with Gasteiger partial charge in [0.15, 0.2) is 0 Å². The average Bonchev–Trinajstić information content (AvgIpc) is 2.12. The van der Waals surface area contributed by atoms with Gasteiger partial charge in [-0.25, -0.2) is 0 Å². The van der Waals surface area contributed by atoms with E-state index in [-0.39, 0.29) is 12.1 Å². The summed E-state index contributed by atoms with van der Waals surface area (Å²) >= 11 is 0. The Morgan fingerprint density at radius 2 is 2.00 bits per heavy atom. The quantitative estimate of drug-likeness (QED) is 0.516. The summed E-state index contributed by atoms with van der Waals surface area (Å²) in [5.74, 6) is 0.534. The SMILES string of the molecule is CC(C)C(C)(CN)NCCCCO. The van der Waals surface area contributed by atoms with Crippen LogP contribution in [0.2, 0.25) is 0 Å². The van der Waals surface area contributed by atoms with Crippen molar-refractivity contribution in [2.75, 3.05) is 19.7 Å². The predicted octanol–water partition coefficient (Wildman–Crippen LogP) is 0.722. The molecule has 0 amide bonds. The van der Waals surface area contributed by atoms with Gasteiger partial charge in [-0.15, -0.1) is 0 Å². The number of hydrogen-bond donors (Lipinski definition) is 3. The molecule has 0 bridgehead atoms. The number of hydrogen-bond acceptors (Lipinski definition) is 3. The Morgan fingerprint density at radius 1 is 1.38 bits per heavy atom. The molecular weight excluding hydrogens is 164 g/mol. The highest BCUT2D eigenvalue weighted by molar-refractivity contribution is 4.86. The number of aliphatic hydroxyl groups excluding tert-OH is 1. The monoisotopic (exact) mass is 188 g/mol. The maximum Gasteiger partial charge on any atom is 0.0431 e. The molecule has 0 aliphatic rings. The van der Waals surface area contributed by atoms with E-state index in [2.05, 4.69) is 26.1 Å². The Labute approximate surface area is 81.7 Å². The molecule has 0 aliphatic heterocycles. The molecule has 0 spiro atoms. The smallest absolute Gasteiger partial charge is 0.0431 e. The van der Waals surface area contributed by atoms with Gasteiger partial charge in [0, 0.05) is 18.7 Å². The zero-order valence-electron chi connectivity index (χ0n) is 9.14. The van der Waals surface area contributed by atoms with Crippen LogP contribution in [0.5, 0.6) is 0 Å². The number of unbranched alkanes of at least 4 members (excludes halogenated alkanes) is 1. The van der Waals surface area contributed by atoms with E-state index in [1.165, 1.54) is 0 Å². The number of nitrogens with two attached hydrogens (primary N) is 1. The molecule has 3 heteroatoms. The summed E-state index contributed by atoms with van der Waals surface area (Å²) in [6, 6.07) is 0. The average molecular weight is 188 g/mol. The van der Waals surface area contributed by atoms with Gasteiger partial charge in [0.2, 0.25) is 0 Å². The molecule has 3 nitrogen and oxygen atoms in total. The third kappa shape index (κ3) is 4.60. The molecule has 0 radical (unpaired) electrons. The van der Waals surface area contributed by atoms with Crippen molar-refractivity contribution in [1.82, 2.24) is 5.32 Å². The Hall–Kier alpha value is -0.120. The third-order valence-corrected chi connectivity index (χ3v) is 2.81. The van der Waals surface area contributed by atoms with Gasteiger partial charge in [-0.2, -0.15) is 0 Å². The second kappa shape index (κ2) is 6.35. The van der Waals surface area contributed by atoms with Crippen LogP contribution in [0, 0.1) is 5.92 Å². The van der Waals surface area contributed by atoms with Crippen LogP contribution >= 0.6 is 0 Å². The lowest BCUT2D eigenvalue weighted by atomic mass is 9.88. The first kappa shape index (κ1) is 12.9. The summed E-state index contributed by atoms with van der Waals surface area (Å²) < 4.78 is 0. The molecule has 0 saturated heterocycles. The molecule has 0 aliphatic carbocycles. The minimum absolute atomic E-state index is 0.0372. The summed E-state index contributed by atoms with van der Waals surface area (Å²) in [4.78, 5) is 0. The molecule has 0 rings (SSSR count). The molecule has 0 heterocycles. The van der Waals surface area contributed by atoms with Crippen LogP contribution in [0.1, 0.15) is 33.6 Å². The van der Waals surface area contributed by atoms with Crippen LogP contribution in [0.4, 0.5) is 0 Å². The van der Waals surface area contributed by atoms with E-state index in [0.29, 0.717) is 12.5 Å². The lowest BCUT2D eigenvalue weighted by Crippen LogP contribution is -2.52. The zero-order chi connectivity index (χ0) is 10.3. The second-order valence-electron chi connectivity index (χ2n) is 4.13. The van der Waals surface area contributed by atoms with Crippen molar-refractivity contribution in [2.45, 2.75) is 39.2 Å². The van der Waals surface area contributed by atoms with Crippen molar-refractivity contribution in [3.63, 3.8) is 0 Å². The number of nitrogens with one attached hydrogen (secondary N) is 1. The van der Waals surface area contributed by atoms with Crippen LogP contribution in [0.25, 0.3) is 0 Å². The molecular formula is C10H24N2O. The number of aliphatic hydroxyl groups is 1. The van der Waals surface area contributed by atoms with Crippen molar-refractivity contribution in [1.29, 1.82) is 0 Å². The maximum absolute atomic E-state index is 8.61. The van der Waals surface area contributed by atoms with Gasteiger partial charge >= 0.3 is 0 Å². The first-order valence-electron chi connectivity index (χ1n) is 5.12. The number of rotatable bonds is 7. The van der Waals surface area contributed by atoms with E-state index in [9.17, 15) is 0 Å².